The van der Waals surface area contributed by atoms with Crippen LogP contribution in [0.4, 0.5) is 5.13 Å². The zero-order chi connectivity index (χ0) is 24.2. The number of fused-ring (bicyclic) bond motifs is 1. The molecule has 1 atom stereocenters. The van der Waals surface area contributed by atoms with Gasteiger partial charge in [0.15, 0.2) is 33.7 Å². The summed E-state index contributed by atoms with van der Waals surface area (Å²) in [6, 6.07) is 13.6. The second-order valence-electron chi connectivity index (χ2n) is 7.99. The summed E-state index contributed by atoms with van der Waals surface area (Å²) in [5.41, 5.74) is 2.01. The highest BCUT2D eigenvalue weighted by Gasteiger charge is 2.23. The molecule has 34 heavy (non-hydrogen) atoms. The van der Waals surface area contributed by atoms with Crippen LogP contribution in [-0.2, 0) is 4.79 Å². The molecular weight excluding hydrogens is 470 g/mol. The fourth-order valence-electron chi connectivity index (χ4n) is 3.53. The van der Waals surface area contributed by atoms with Crippen molar-refractivity contribution >= 4 is 44.4 Å². The molecule has 0 radical (unpaired) electrons. The third-order valence-electron chi connectivity index (χ3n) is 5.14. The average molecular weight is 498 g/mol. The van der Waals surface area contributed by atoms with Crippen LogP contribution in [0.3, 0.4) is 0 Å². The van der Waals surface area contributed by atoms with Gasteiger partial charge in [0.1, 0.15) is 0 Å². The number of thioether (sulfide) groups is 1. The number of hydrogen-bond acceptors (Lipinski definition) is 8. The normalized spacial score (nSPS) is 12.2. The number of carbonyl (C=O) groups excluding carboxylic acids is 1. The zero-order valence-corrected chi connectivity index (χ0v) is 21.4. The molecule has 0 aliphatic carbocycles. The van der Waals surface area contributed by atoms with Crippen LogP contribution in [0.15, 0.2) is 47.6 Å². The van der Waals surface area contributed by atoms with Crippen molar-refractivity contribution in [1.29, 1.82) is 0 Å². The van der Waals surface area contributed by atoms with Gasteiger partial charge in [0.2, 0.25) is 5.91 Å². The van der Waals surface area contributed by atoms with Crippen LogP contribution >= 0.6 is 23.1 Å². The minimum atomic E-state index is -0.361. The quantitative estimate of drug-likeness (QED) is 0.299. The van der Waals surface area contributed by atoms with Gasteiger partial charge < -0.3 is 19.4 Å². The van der Waals surface area contributed by atoms with Gasteiger partial charge in [-0.2, -0.15) is 0 Å². The molecule has 2 aromatic carbocycles. The maximum absolute atomic E-state index is 12.6. The number of rotatable bonds is 9. The van der Waals surface area contributed by atoms with Gasteiger partial charge in [-0.15, -0.1) is 10.2 Å². The van der Waals surface area contributed by atoms with E-state index >= 15 is 0 Å². The maximum Gasteiger partial charge on any atom is 0.236 e. The Morgan fingerprint density at radius 1 is 1.12 bits per heavy atom. The third-order valence-corrected chi connectivity index (χ3v) is 7.02. The summed E-state index contributed by atoms with van der Waals surface area (Å²) in [6.45, 7) is 8.04. The molecule has 0 saturated carbocycles. The van der Waals surface area contributed by atoms with E-state index in [-0.39, 0.29) is 23.8 Å². The first-order valence-corrected chi connectivity index (χ1v) is 12.7. The number of aromatic nitrogens is 4. The summed E-state index contributed by atoms with van der Waals surface area (Å²) in [6.07, 6.45) is -0.361. The maximum atomic E-state index is 12.6. The Bertz CT molecular complexity index is 1300. The molecule has 0 fully saturated rings. The van der Waals surface area contributed by atoms with Crippen LogP contribution in [0, 0.1) is 6.92 Å². The van der Waals surface area contributed by atoms with E-state index in [9.17, 15) is 4.79 Å². The molecule has 0 aliphatic rings. The fraction of sp³-hybridized carbons (Fsp3) is 0.333. The Hall–Kier alpha value is -3.11. The molecule has 0 saturated heterocycles. The molecule has 2 aromatic heterocycles. The van der Waals surface area contributed by atoms with Gasteiger partial charge in [-0.25, -0.2) is 4.98 Å². The molecule has 1 N–H and O–H groups in total. The van der Waals surface area contributed by atoms with E-state index < -0.39 is 0 Å². The van der Waals surface area contributed by atoms with Crippen molar-refractivity contribution in [2.24, 2.45) is 0 Å². The van der Waals surface area contributed by atoms with Gasteiger partial charge >= 0.3 is 0 Å². The lowest BCUT2D eigenvalue weighted by Gasteiger charge is -2.19. The van der Waals surface area contributed by atoms with Crippen LogP contribution in [0.5, 0.6) is 11.5 Å². The molecule has 0 spiro atoms. The molecular formula is C24H27N5O3S2. The second-order valence-corrected chi connectivity index (χ2v) is 9.97. The van der Waals surface area contributed by atoms with Crippen molar-refractivity contribution in [1.82, 2.24) is 19.7 Å². The minimum absolute atomic E-state index is 0.0894. The summed E-state index contributed by atoms with van der Waals surface area (Å²) >= 11 is 2.81. The van der Waals surface area contributed by atoms with Crippen LogP contribution in [0.25, 0.3) is 10.2 Å². The summed E-state index contributed by atoms with van der Waals surface area (Å²) in [5, 5.41) is 12.9. The van der Waals surface area contributed by atoms with E-state index in [2.05, 4.69) is 34.3 Å². The van der Waals surface area contributed by atoms with Crippen LogP contribution in [0.2, 0.25) is 0 Å². The summed E-state index contributed by atoms with van der Waals surface area (Å²) < 4.78 is 14.6. The molecule has 0 bridgehead atoms. The van der Waals surface area contributed by atoms with E-state index in [0.29, 0.717) is 27.6 Å². The molecule has 2 heterocycles. The number of methoxy groups -OCH3 is 1. The number of nitrogens with one attached hydrogen (secondary N) is 1. The monoisotopic (exact) mass is 497 g/mol. The molecule has 1 amide bonds. The van der Waals surface area contributed by atoms with E-state index in [0.717, 1.165) is 15.8 Å². The number of thiazole rings is 1. The predicted octanol–water partition coefficient (Wildman–Crippen LogP) is 5.66. The number of carbonyl (C=O) groups is 1. The number of nitrogens with zero attached hydrogens (tertiary/aromatic N) is 4. The average Bonchev–Trinajstić information content (AvgIpc) is 3.43. The van der Waals surface area contributed by atoms with E-state index in [1.54, 1.807) is 7.11 Å². The van der Waals surface area contributed by atoms with Crippen molar-refractivity contribution in [2.75, 3.05) is 18.2 Å². The summed E-state index contributed by atoms with van der Waals surface area (Å²) in [4.78, 5) is 17.2. The Kier molecular flexibility index (Phi) is 7.38. The number of benzene rings is 2. The lowest BCUT2D eigenvalue weighted by atomic mass is 10.2. The van der Waals surface area contributed by atoms with Gasteiger partial charge in [0.25, 0.3) is 0 Å². The lowest BCUT2D eigenvalue weighted by molar-refractivity contribution is -0.113. The minimum Gasteiger partial charge on any atom is -0.493 e. The molecule has 4 aromatic rings. The third kappa shape index (κ3) is 5.18. The van der Waals surface area contributed by atoms with Gasteiger partial charge in [-0.1, -0.05) is 47.4 Å². The summed E-state index contributed by atoms with van der Waals surface area (Å²) in [7, 11) is 1.61. The van der Waals surface area contributed by atoms with Crippen molar-refractivity contribution in [2.45, 2.75) is 45.0 Å². The first-order chi connectivity index (χ1) is 16.4. The van der Waals surface area contributed by atoms with Gasteiger partial charge in [0, 0.05) is 6.04 Å². The van der Waals surface area contributed by atoms with Gasteiger partial charge in [-0.05, 0) is 51.5 Å². The SMILES string of the molecule is COc1ccccc1OC(C)c1nnc(SCC(=O)Nc2nc3c(C)cccc3s2)n1C(C)C. The summed E-state index contributed by atoms with van der Waals surface area (Å²) in [5.74, 6) is 2.03. The van der Waals surface area contributed by atoms with E-state index in [1.165, 1.54) is 23.1 Å². The van der Waals surface area contributed by atoms with Crippen molar-refractivity contribution in [3.63, 3.8) is 0 Å². The fourth-order valence-corrected chi connectivity index (χ4v) is 5.37. The number of aryl methyl sites for hydroxylation is 1. The highest BCUT2D eigenvalue weighted by atomic mass is 32.2. The first-order valence-electron chi connectivity index (χ1n) is 10.9. The predicted molar refractivity (Wildman–Crippen MR) is 136 cm³/mol. The van der Waals surface area contributed by atoms with E-state index in [1.807, 2.05) is 60.9 Å². The number of para-hydroxylation sites is 3. The standard InChI is InChI=1S/C24H27N5O3S2/c1-14(2)29-22(16(4)32-18-11-7-6-10-17(18)31-5)27-28-24(29)33-13-20(30)25-23-26-21-15(3)9-8-12-19(21)34-23/h6-12,14,16H,13H2,1-5H3,(H,25,26,30). The van der Waals surface area contributed by atoms with Crippen molar-refractivity contribution < 1.29 is 14.3 Å². The van der Waals surface area contributed by atoms with Crippen LogP contribution in [-0.4, -0.2) is 38.5 Å². The zero-order valence-electron chi connectivity index (χ0n) is 19.7. The highest BCUT2D eigenvalue weighted by molar-refractivity contribution is 7.99. The van der Waals surface area contributed by atoms with Crippen molar-refractivity contribution in [3.8, 4) is 11.5 Å². The Morgan fingerprint density at radius 2 is 1.88 bits per heavy atom. The molecule has 0 aliphatic heterocycles. The first kappa shape index (κ1) is 24.0. The number of hydrogen-bond donors (Lipinski definition) is 1. The number of amides is 1. The smallest absolute Gasteiger partial charge is 0.236 e. The Morgan fingerprint density at radius 3 is 2.59 bits per heavy atom. The van der Waals surface area contributed by atoms with Crippen LogP contribution < -0.4 is 14.8 Å². The molecule has 178 valence electrons. The van der Waals surface area contributed by atoms with Crippen molar-refractivity contribution in [3.05, 3.63) is 53.9 Å². The molecule has 1 unspecified atom stereocenters. The number of anilines is 1. The lowest BCUT2D eigenvalue weighted by Crippen LogP contribution is -2.16. The molecule has 8 nitrogen and oxygen atoms in total. The highest BCUT2D eigenvalue weighted by Crippen LogP contribution is 2.32. The Labute approximate surface area is 206 Å². The van der Waals surface area contributed by atoms with Gasteiger partial charge in [0.05, 0.1) is 23.1 Å². The second kappa shape index (κ2) is 10.4. The van der Waals surface area contributed by atoms with Gasteiger partial charge in [-0.3, -0.25) is 4.79 Å². The topological polar surface area (TPSA) is 91.2 Å². The molecule has 4 rings (SSSR count). The Balaban J connectivity index is 1.44. The van der Waals surface area contributed by atoms with E-state index in [4.69, 9.17) is 9.47 Å². The van der Waals surface area contributed by atoms with Crippen LogP contribution in [0.1, 0.15) is 44.3 Å². The molecule has 10 heteroatoms. The number of ether oxygens (including phenoxy) is 2. The largest absolute Gasteiger partial charge is 0.493 e.